The van der Waals surface area contributed by atoms with Crippen LogP contribution in [-0.2, 0) is 4.79 Å². The van der Waals surface area contributed by atoms with Gasteiger partial charge in [0.1, 0.15) is 5.69 Å². The third-order valence-electron chi connectivity index (χ3n) is 3.81. The van der Waals surface area contributed by atoms with Crippen LogP contribution in [0.25, 0.3) is 0 Å². The molecule has 0 spiro atoms. The van der Waals surface area contributed by atoms with Crippen LogP contribution in [0.4, 0.5) is 11.4 Å². The zero-order valence-corrected chi connectivity index (χ0v) is 13.7. The largest absolute Gasteiger partial charge is 0.378 e. The Hall–Kier alpha value is -1.86. The second kappa shape index (κ2) is 10.0. The number of nitrogens with zero attached hydrogens (tertiary/aromatic N) is 1. The van der Waals surface area contributed by atoms with E-state index in [9.17, 15) is 14.9 Å². The molecule has 1 aromatic carbocycles. The van der Waals surface area contributed by atoms with Crippen LogP contribution >= 0.6 is 12.4 Å². The maximum Gasteiger partial charge on any atom is 0.292 e. The van der Waals surface area contributed by atoms with Crippen molar-refractivity contribution in [2.45, 2.75) is 19.3 Å². The fourth-order valence-corrected chi connectivity index (χ4v) is 2.57. The van der Waals surface area contributed by atoms with Crippen molar-refractivity contribution in [1.29, 1.82) is 0 Å². The smallest absolute Gasteiger partial charge is 0.292 e. The van der Waals surface area contributed by atoms with Crippen molar-refractivity contribution in [1.82, 2.24) is 10.6 Å². The number of para-hydroxylation sites is 2. The molecule has 1 amide bonds. The highest BCUT2D eigenvalue weighted by atomic mass is 35.5. The van der Waals surface area contributed by atoms with E-state index in [1.165, 1.54) is 6.07 Å². The minimum absolute atomic E-state index is 0. The fourth-order valence-electron chi connectivity index (χ4n) is 2.57. The lowest BCUT2D eigenvalue weighted by molar-refractivity contribution is -0.384. The first kappa shape index (κ1) is 19.2. The summed E-state index contributed by atoms with van der Waals surface area (Å²) in [6, 6.07) is 6.48. The number of carbonyl (C=O) groups excluding carboxylic acids is 1. The molecular formula is C15H23ClN4O3. The number of hydrogen-bond donors (Lipinski definition) is 3. The maximum absolute atomic E-state index is 11.7. The second-order valence-electron chi connectivity index (χ2n) is 5.45. The number of amides is 1. The van der Waals surface area contributed by atoms with Crippen LogP contribution in [-0.4, -0.2) is 37.0 Å². The first-order chi connectivity index (χ1) is 10.7. The van der Waals surface area contributed by atoms with Gasteiger partial charge < -0.3 is 16.0 Å². The van der Waals surface area contributed by atoms with E-state index in [4.69, 9.17) is 0 Å². The predicted octanol–water partition coefficient (Wildman–Crippen LogP) is 1.93. The molecular weight excluding hydrogens is 320 g/mol. The van der Waals surface area contributed by atoms with E-state index >= 15 is 0 Å². The monoisotopic (exact) mass is 342 g/mol. The molecule has 0 aromatic heterocycles. The number of anilines is 1. The zero-order chi connectivity index (χ0) is 15.8. The summed E-state index contributed by atoms with van der Waals surface area (Å²) in [6.45, 7) is 2.97. The van der Waals surface area contributed by atoms with E-state index in [1.54, 1.807) is 18.2 Å². The molecule has 7 nitrogen and oxygen atoms in total. The Morgan fingerprint density at radius 3 is 2.83 bits per heavy atom. The van der Waals surface area contributed by atoms with Gasteiger partial charge in [-0.3, -0.25) is 14.9 Å². The molecule has 1 unspecified atom stereocenters. The van der Waals surface area contributed by atoms with Crippen molar-refractivity contribution < 1.29 is 9.72 Å². The van der Waals surface area contributed by atoms with Gasteiger partial charge in [-0.2, -0.15) is 0 Å². The Bertz CT molecular complexity index is 521. The molecule has 1 atom stereocenters. The highest BCUT2D eigenvalue weighted by molar-refractivity contribution is 5.85. The van der Waals surface area contributed by atoms with Gasteiger partial charge in [0.15, 0.2) is 0 Å². The number of hydrogen-bond acceptors (Lipinski definition) is 5. The molecule has 0 saturated carbocycles. The maximum atomic E-state index is 11.7. The Labute approximate surface area is 141 Å². The highest BCUT2D eigenvalue weighted by Crippen LogP contribution is 2.22. The van der Waals surface area contributed by atoms with Crippen LogP contribution in [0.2, 0.25) is 0 Å². The third-order valence-corrected chi connectivity index (χ3v) is 3.81. The Morgan fingerprint density at radius 1 is 1.35 bits per heavy atom. The molecule has 0 bridgehead atoms. The normalized spacial score (nSPS) is 16.4. The highest BCUT2D eigenvalue weighted by Gasteiger charge is 2.15. The van der Waals surface area contributed by atoms with Crippen LogP contribution in [0.1, 0.15) is 19.3 Å². The molecule has 1 aliphatic heterocycles. The minimum Gasteiger partial charge on any atom is -0.378 e. The van der Waals surface area contributed by atoms with E-state index in [-0.39, 0.29) is 24.0 Å². The lowest BCUT2D eigenvalue weighted by atomic mass is 10.0. The summed E-state index contributed by atoms with van der Waals surface area (Å²) in [4.78, 5) is 22.2. The molecule has 23 heavy (non-hydrogen) atoms. The van der Waals surface area contributed by atoms with Gasteiger partial charge in [0.05, 0.1) is 4.92 Å². The van der Waals surface area contributed by atoms with Crippen LogP contribution in [0.5, 0.6) is 0 Å². The predicted molar refractivity (Wildman–Crippen MR) is 92.1 cm³/mol. The van der Waals surface area contributed by atoms with Crippen molar-refractivity contribution >= 4 is 29.7 Å². The second-order valence-corrected chi connectivity index (χ2v) is 5.45. The Kier molecular flexibility index (Phi) is 8.36. The summed E-state index contributed by atoms with van der Waals surface area (Å²) >= 11 is 0. The molecule has 0 radical (unpaired) electrons. The molecule has 0 aliphatic carbocycles. The van der Waals surface area contributed by atoms with Crippen LogP contribution in [0.15, 0.2) is 24.3 Å². The van der Waals surface area contributed by atoms with Crippen molar-refractivity contribution in [2.75, 3.05) is 31.5 Å². The number of nitro groups is 1. The first-order valence-electron chi connectivity index (χ1n) is 7.61. The van der Waals surface area contributed by atoms with Gasteiger partial charge in [0, 0.05) is 25.6 Å². The van der Waals surface area contributed by atoms with Crippen molar-refractivity contribution in [3.8, 4) is 0 Å². The quantitative estimate of drug-likeness (QED) is 0.381. The van der Waals surface area contributed by atoms with Crippen molar-refractivity contribution in [3.05, 3.63) is 34.4 Å². The standard InChI is InChI=1S/C15H22N4O3.ClH/c20-15(6-5-12-7-8-16-11-12)18-10-9-17-13-3-1-2-4-14(13)19(21)22;/h1-4,12,16-17H,5-11H2,(H,18,20);1H. The van der Waals surface area contributed by atoms with Gasteiger partial charge >= 0.3 is 0 Å². The van der Waals surface area contributed by atoms with E-state index in [1.807, 2.05) is 0 Å². The number of rotatable bonds is 8. The lowest BCUT2D eigenvalue weighted by Crippen LogP contribution is -2.29. The summed E-state index contributed by atoms with van der Waals surface area (Å²) in [7, 11) is 0. The fraction of sp³-hybridized carbons (Fsp3) is 0.533. The molecule has 1 aromatic rings. The lowest BCUT2D eigenvalue weighted by Gasteiger charge is -2.10. The molecule has 1 aliphatic rings. The Morgan fingerprint density at radius 2 is 2.13 bits per heavy atom. The van der Waals surface area contributed by atoms with Gasteiger partial charge in [-0.25, -0.2) is 0 Å². The molecule has 1 saturated heterocycles. The SMILES string of the molecule is Cl.O=C(CCC1CCNC1)NCCNc1ccccc1[N+](=O)[O-]. The summed E-state index contributed by atoms with van der Waals surface area (Å²) in [5.74, 6) is 0.645. The zero-order valence-electron chi connectivity index (χ0n) is 12.9. The van der Waals surface area contributed by atoms with Gasteiger partial charge in [-0.05, 0) is 37.9 Å². The van der Waals surface area contributed by atoms with Gasteiger partial charge in [-0.15, -0.1) is 12.4 Å². The van der Waals surface area contributed by atoms with Crippen LogP contribution in [0, 0.1) is 16.0 Å². The molecule has 1 heterocycles. The van der Waals surface area contributed by atoms with Crippen LogP contribution in [0.3, 0.4) is 0 Å². The molecule has 1 fully saturated rings. The van der Waals surface area contributed by atoms with Crippen molar-refractivity contribution in [2.24, 2.45) is 5.92 Å². The first-order valence-corrected chi connectivity index (χ1v) is 7.61. The van der Waals surface area contributed by atoms with E-state index in [2.05, 4.69) is 16.0 Å². The topological polar surface area (TPSA) is 96.3 Å². The third kappa shape index (κ3) is 6.42. The number of nitrogens with one attached hydrogen (secondary N) is 3. The van der Waals surface area contributed by atoms with Crippen LogP contribution < -0.4 is 16.0 Å². The summed E-state index contributed by atoms with van der Waals surface area (Å²) in [5.41, 5.74) is 0.515. The number of carbonyl (C=O) groups is 1. The summed E-state index contributed by atoms with van der Waals surface area (Å²) < 4.78 is 0. The number of benzene rings is 1. The molecule has 8 heteroatoms. The Balaban J connectivity index is 0.00000264. The van der Waals surface area contributed by atoms with E-state index in [0.29, 0.717) is 31.1 Å². The molecule has 128 valence electrons. The van der Waals surface area contributed by atoms with E-state index in [0.717, 1.165) is 25.9 Å². The average Bonchev–Trinajstić information content (AvgIpc) is 3.03. The summed E-state index contributed by atoms with van der Waals surface area (Å²) in [6.07, 6.45) is 2.60. The summed E-state index contributed by atoms with van der Waals surface area (Å²) in [5, 5.41) is 20.0. The molecule has 2 rings (SSSR count). The van der Waals surface area contributed by atoms with Gasteiger partial charge in [-0.1, -0.05) is 12.1 Å². The minimum atomic E-state index is -0.420. The average molecular weight is 343 g/mol. The van der Waals surface area contributed by atoms with Gasteiger partial charge in [0.2, 0.25) is 5.91 Å². The molecule has 3 N–H and O–H groups in total. The van der Waals surface area contributed by atoms with Gasteiger partial charge in [0.25, 0.3) is 5.69 Å². The number of halogens is 1. The van der Waals surface area contributed by atoms with E-state index < -0.39 is 4.92 Å². The van der Waals surface area contributed by atoms with Crippen molar-refractivity contribution in [3.63, 3.8) is 0 Å². The number of nitro benzene ring substituents is 1.